The fraction of sp³-hybridized carbons (Fsp3) is 0.588. The highest BCUT2D eigenvalue weighted by Gasteiger charge is 2.44. The van der Waals surface area contributed by atoms with Crippen LogP contribution in [0.2, 0.25) is 0 Å². The third-order valence-electron chi connectivity index (χ3n) is 5.35. The summed E-state index contributed by atoms with van der Waals surface area (Å²) in [7, 11) is 3.27. The molecule has 0 spiro atoms. The van der Waals surface area contributed by atoms with E-state index in [1.165, 1.54) is 24.0 Å². The summed E-state index contributed by atoms with van der Waals surface area (Å²) in [5.74, 6) is 2.04. The van der Waals surface area contributed by atoms with Gasteiger partial charge in [0, 0.05) is 19.0 Å². The molecule has 2 unspecified atom stereocenters. The van der Waals surface area contributed by atoms with Crippen LogP contribution in [0.5, 0.6) is 11.5 Å². The first-order valence-corrected chi connectivity index (χ1v) is 7.79. The molecule has 1 aromatic carbocycles. The molecule has 4 nitrogen and oxygen atoms in total. The molecule has 1 saturated heterocycles. The Morgan fingerprint density at radius 3 is 2.86 bits per heavy atom. The van der Waals surface area contributed by atoms with E-state index in [1.54, 1.807) is 14.2 Å². The van der Waals surface area contributed by atoms with Crippen LogP contribution in [0.4, 0.5) is 0 Å². The van der Waals surface area contributed by atoms with E-state index in [0.29, 0.717) is 29.9 Å². The van der Waals surface area contributed by atoms with Crippen molar-refractivity contribution in [3.05, 3.63) is 22.8 Å². The molecular formula is C17H21NO3. The number of rotatable bonds is 2. The van der Waals surface area contributed by atoms with Crippen LogP contribution >= 0.6 is 0 Å². The van der Waals surface area contributed by atoms with Crippen molar-refractivity contribution in [1.29, 1.82) is 0 Å². The molecule has 0 aromatic heterocycles. The van der Waals surface area contributed by atoms with Gasteiger partial charge in [-0.05, 0) is 48.9 Å². The fourth-order valence-corrected chi connectivity index (χ4v) is 4.52. The van der Waals surface area contributed by atoms with E-state index in [0.717, 1.165) is 25.1 Å². The summed E-state index contributed by atoms with van der Waals surface area (Å²) in [5.41, 5.74) is 3.31. The summed E-state index contributed by atoms with van der Waals surface area (Å²) in [4.78, 5) is 15.3. The maximum absolute atomic E-state index is 12.7. The average molecular weight is 287 g/mol. The Balaban J connectivity index is 1.98. The highest BCUT2D eigenvalue weighted by Crippen LogP contribution is 2.51. The molecule has 2 aliphatic heterocycles. The maximum Gasteiger partial charge on any atom is 0.171 e. The third kappa shape index (κ3) is 1.75. The predicted molar refractivity (Wildman–Crippen MR) is 79.2 cm³/mol. The van der Waals surface area contributed by atoms with E-state index in [-0.39, 0.29) is 5.78 Å². The van der Waals surface area contributed by atoms with Gasteiger partial charge in [0.05, 0.1) is 19.8 Å². The van der Waals surface area contributed by atoms with Crippen molar-refractivity contribution in [2.45, 2.75) is 31.7 Å². The SMILES string of the molecule is COc1cc2c3c(c1OC)C(=O)CC1CCCN(CC2)C31. The molecule has 21 heavy (non-hydrogen) atoms. The van der Waals surface area contributed by atoms with E-state index >= 15 is 0 Å². The second-order valence-corrected chi connectivity index (χ2v) is 6.32. The Hall–Kier alpha value is -1.55. The summed E-state index contributed by atoms with van der Waals surface area (Å²) in [5, 5.41) is 0. The summed E-state index contributed by atoms with van der Waals surface area (Å²) >= 11 is 0. The zero-order valence-electron chi connectivity index (χ0n) is 12.6. The van der Waals surface area contributed by atoms with Gasteiger partial charge in [-0.25, -0.2) is 0 Å². The number of ether oxygens (including phenoxy) is 2. The van der Waals surface area contributed by atoms with E-state index in [2.05, 4.69) is 11.0 Å². The zero-order chi connectivity index (χ0) is 14.6. The van der Waals surface area contributed by atoms with Crippen molar-refractivity contribution < 1.29 is 14.3 Å². The van der Waals surface area contributed by atoms with Crippen molar-refractivity contribution >= 4 is 5.78 Å². The number of piperidine rings is 1. The van der Waals surface area contributed by atoms with Crippen molar-refractivity contribution in [1.82, 2.24) is 4.90 Å². The van der Waals surface area contributed by atoms with Gasteiger partial charge in [0.1, 0.15) is 0 Å². The minimum absolute atomic E-state index is 0.229. The topological polar surface area (TPSA) is 38.8 Å². The lowest BCUT2D eigenvalue weighted by molar-refractivity contribution is 0.0591. The molecule has 112 valence electrons. The number of hydrogen-bond donors (Lipinski definition) is 0. The quantitative estimate of drug-likeness (QED) is 0.838. The summed E-state index contributed by atoms with van der Waals surface area (Å²) in [6, 6.07) is 2.49. The number of Topliss-reactive ketones (excluding diaryl/α,β-unsaturated/α-hetero) is 1. The zero-order valence-corrected chi connectivity index (χ0v) is 12.6. The molecule has 0 saturated carbocycles. The van der Waals surface area contributed by atoms with Crippen LogP contribution in [-0.2, 0) is 6.42 Å². The normalized spacial score (nSPS) is 27.2. The summed E-state index contributed by atoms with van der Waals surface area (Å²) in [6.07, 6.45) is 4.03. The van der Waals surface area contributed by atoms with Crippen LogP contribution in [0.1, 0.15) is 46.8 Å². The van der Waals surface area contributed by atoms with Gasteiger partial charge >= 0.3 is 0 Å². The lowest BCUT2D eigenvalue weighted by Gasteiger charge is -2.48. The Bertz CT molecular complexity index is 611. The predicted octanol–water partition coefficient (Wildman–Crippen LogP) is 2.60. The van der Waals surface area contributed by atoms with Gasteiger partial charge in [-0.1, -0.05) is 0 Å². The van der Waals surface area contributed by atoms with Crippen molar-refractivity contribution in [3.8, 4) is 11.5 Å². The number of ketones is 1. The standard InChI is InChI=1S/C17H21NO3/c1-20-13-9-10-5-7-18-6-3-4-11-8-12(19)15(17(13)21-2)14(10)16(11)18/h9,11,16H,3-8H2,1-2H3. The lowest BCUT2D eigenvalue weighted by atomic mass is 9.70. The molecule has 0 amide bonds. The Labute approximate surface area is 125 Å². The van der Waals surface area contributed by atoms with Gasteiger partial charge in [0.25, 0.3) is 0 Å². The Kier molecular flexibility index (Phi) is 2.96. The molecule has 3 aliphatic rings. The Morgan fingerprint density at radius 1 is 1.24 bits per heavy atom. The largest absolute Gasteiger partial charge is 0.493 e. The molecular weight excluding hydrogens is 266 g/mol. The van der Waals surface area contributed by atoms with E-state index in [9.17, 15) is 4.79 Å². The van der Waals surface area contributed by atoms with E-state index in [4.69, 9.17) is 9.47 Å². The minimum Gasteiger partial charge on any atom is -0.493 e. The van der Waals surface area contributed by atoms with Crippen molar-refractivity contribution in [3.63, 3.8) is 0 Å². The van der Waals surface area contributed by atoms with Gasteiger partial charge in [-0.2, -0.15) is 0 Å². The molecule has 1 aromatic rings. The molecule has 0 N–H and O–H groups in total. The number of benzene rings is 1. The molecule has 1 aliphatic carbocycles. The van der Waals surface area contributed by atoms with Crippen LogP contribution in [0.25, 0.3) is 0 Å². The van der Waals surface area contributed by atoms with Crippen LogP contribution in [-0.4, -0.2) is 38.0 Å². The molecule has 2 heterocycles. The first-order valence-electron chi connectivity index (χ1n) is 7.79. The molecule has 4 rings (SSSR count). The second-order valence-electron chi connectivity index (χ2n) is 6.32. The number of carbonyl (C=O) groups excluding carboxylic acids is 1. The second kappa shape index (κ2) is 4.73. The smallest absolute Gasteiger partial charge is 0.171 e. The first-order chi connectivity index (χ1) is 10.2. The van der Waals surface area contributed by atoms with Crippen LogP contribution < -0.4 is 9.47 Å². The number of nitrogens with zero attached hydrogens (tertiary/aromatic N) is 1. The van der Waals surface area contributed by atoms with Gasteiger partial charge in [0.2, 0.25) is 0 Å². The summed E-state index contributed by atoms with van der Waals surface area (Å²) < 4.78 is 11.0. The van der Waals surface area contributed by atoms with Crippen molar-refractivity contribution in [2.24, 2.45) is 5.92 Å². The van der Waals surface area contributed by atoms with Crippen LogP contribution in [0, 0.1) is 5.92 Å². The third-order valence-corrected chi connectivity index (χ3v) is 5.35. The average Bonchev–Trinajstić information content (AvgIpc) is 2.52. The summed E-state index contributed by atoms with van der Waals surface area (Å²) in [6.45, 7) is 2.25. The van der Waals surface area contributed by atoms with Gasteiger partial charge in [-0.3, -0.25) is 9.69 Å². The first kappa shape index (κ1) is 13.1. The fourth-order valence-electron chi connectivity index (χ4n) is 4.52. The van der Waals surface area contributed by atoms with E-state index in [1.807, 2.05) is 0 Å². The lowest BCUT2D eigenvalue weighted by Crippen LogP contribution is -2.46. The monoisotopic (exact) mass is 287 g/mol. The molecule has 1 fully saturated rings. The van der Waals surface area contributed by atoms with Gasteiger partial charge in [-0.15, -0.1) is 0 Å². The number of methoxy groups -OCH3 is 2. The number of carbonyl (C=O) groups is 1. The highest BCUT2D eigenvalue weighted by atomic mass is 16.5. The highest BCUT2D eigenvalue weighted by molar-refractivity contribution is 6.03. The van der Waals surface area contributed by atoms with E-state index < -0.39 is 0 Å². The maximum atomic E-state index is 12.7. The molecule has 2 atom stereocenters. The molecule has 0 radical (unpaired) electrons. The minimum atomic E-state index is 0.229. The van der Waals surface area contributed by atoms with Crippen LogP contribution in [0.3, 0.4) is 0 Å². The Morgan fingerprint density at radius 2 is 2.10 bits per heavy atom. The number of hydrogen-bond acceptors (Lipinski definition) is 4. The molecule has 0 bridgehead atoms. The van der Waals surface area contributed by atoms with Gasteiger partial charge < -0.3 is 9.47 Å². The van der Waals surface area contributed by atoms with Crippen LogP contribution in [0.15, 0.2) is 6.07 Å². The molecule has 4 heteroatoms. The van der Waals surface area contributed by atoms with Crippen molar-refractivity contribution in [2.75, 3.05) is 27.3 Å². The van der Waals surface area contributed by atoms with Gasteiger partial charge in [0.15, 0.2) is 17.3 Å².